The number of phenolic OH excluding ortho intramolecular Hbond substituents is 1. The molecular formula is C25H27NO5S2. The second-order valence-corrected chi connectivity index (χ2v) is 8.74. The highest BCUT2D eigenvalue weighted by Crippen LogP contribution is 2.37. The van der Waals surface area contributed by atoms with Crippen LogP contribution in [0.2, 0.25) is 0 Å². The van der Waals surface area contributed by atoms with Crippen molar-refractivity contribution >= 4 is 52.9 Å². The molecule has 1 amide bonds. The minimum Gasteiger partial charge on any atom is -0.507 e. The number of hydrogen-bond acceptors (Lipinski definition) is 7. The third kappa shape index (κ3) is 6.58. The highest BCUT2D eigenvalue weighted by Gasteiger charge is 2.26. The van der Waals surface area contributed by atoms with E-state index in [-0.39, 0.29) is 24.0 Å². The normalized spacial score (nSPS) is 12.7. The number of ether oxygens (including phenoxy) is 2. The SMILES string of the molecule is CSc1ccc(NC(=O)O[C@H](c2ccc(O)c3ccccc23)[C@@H](C)CCOC(=O)CS)cc1. The smallest absolute Gasteiger partial charge is 0.412 e. The number of anilines is 1. The van der Waals surface area contributed by atoms with E-state index in [1.807, 2.05) is 61.7 Å². The molecule has 0 bridgehead atoms. The lowest BCUT2D eigenvalue weighted by molar-refractivity contribution is -0.141. The summed E-state index contributed by atoms with van der Waals surface area (Å²) in [6.45, 7) is 2.12. The summed E-state index contributed by atoms with van der Waals surface area (Å²) in [5, 5.41) is 14.5. The first-order valence-corrected chi connectivity index (χ1v) is 12.4. The number of thiol groups is 1. The second kappa shape index (κ2) is 11.9. The zero-order valence-electron chi connectivity index (χ0n) is 18.5. The van der Waals surface area contributed by atoms with Crippen LogP contribution in [-0.2, 0) is 14.3 Å². The Kier molecular flexibility index (Phi) is 8.91. The highest BCUT2D eigenvalue weighted by molar-refractivity contribution is 7.98. The van der Waals surface area contributed by atoms with Crippen molar-refractivity contribution in [2.24, 2.45) is 5.92 Å². The molecule has 0 saturated heterocycles. The third-order valence-electron chi connectivity index (χ3n) is 5.29. The molecule has 0 radical (unpaired) electrons. The van der Waals surface area contributed by atoms with Gasteiger partial charge in [0.2, 0.25) is 0 Å². The number of phenols is 1. The maximum Gasteiger partial charge on any atom is 0.412 e. The lowest BCUT2D eigenvalue weighted by atomic mass is 9.90. The van der Waals surface area contributed by atoms with E-state index in [2.05, 4.69) is 17.9 Å². The van der Waals surface area contributed by atoms with Crippen molar-refractivity contribution in [3.63, 3.8) is 0 Å². The van der Waals surface area contributed by atoms with Gasteiger partial charge in [0.1, 0.15) is 11.9 Å². The van der Waals surface area contributed by atoms with Gasteiger partial charge in [-0.1, -0.05) is 37.3 Å². The molecular weight excluding hydrogens is 458 g/mol. The summed E-state index contributed by atoms with van der Waals surface area (Å²) >= 11 is 5.53. The van der Waals surface area contributed by atoms with Crippen LogP contribution in [0, 0.1) is 5.92 Å². The third-order valence-corrected chi connectivity index (χ3v) is 6.30. The Morgan fingerprint density at radius 1 is 1.06 bits per heavy atom. The van der Waals surface area contributed by atoms with E-state index >= 15 is 0 Å². The van der Waals surface area contributed by atoms with E-state index in [1.54, 1.807) is 23.9 Å². The van der Waals surface area contributed by atoms with E-state index in [0.29, 0.717) is 17.5 Å². The van der Waals surface area contributed by atoms with Crippen molar-refractivity contribution in [3.8, 4) is 5.75 Å². The van der Waals surface area contributed by atoms with E-state index < -0.39 is 18.2 Å². The lowest BCUT2D eigenvalue weighted by Gasteiger charge is -2.26. The first-order valence-electron chi connectivity index (χ1n) is 10.5. The first-order chi connectivity index (χ1) is 15.9. The van der Waals surface area contributed by atoms with E-state index in [1.165, 1.54) is 0 Å². The topological polar surface area (TPSA) is 84.9 Å². The molecule has 0 fully saturated rings. The Morgan fingerprint density at radius 3 is 2.42 bits per heavy atom. The second-order valence-electron chi connectivity index (χ2n) is 7.54. The van der Waals surface area contributed by atoms with Gasteiger partial charge in [-0.15, -0.1) is 11.8 Å². The zero-order valence-corrected chi connectivity index (χ0v) is 20.2. The number of esters is 1. The molecule has 0 aliphatic rings. The van der Waals surface area contributed by atoms with Crippen molar-refractivity contribution in [2.45, 2.75) is 24.3 Å². The van der Waals surface area contributed by atoms with Crippen molar-refractivity contribution < 1.29 is 24.2 Å². The predicted molar refractivity (Wildman–Crippen MR) is 135 cm³/mol. The molecule has 0 unspecified atom stereocenters. The summed E-state index contributed by atoms with van der Waals surface area (Å²) < 4.78 is 11.1. The average Bonchev–Trinajstić information content (AvgIpc) is 2.83. The zero-order chi connectivity index (χ0) is 23.8. The number of carbonyl (C=O) groups excluding carboxylic acids is 2. The van der Waals surface area contributed by atoms with Crippen molar-refractivity contribution in [1.29, 1.82) is 0 Å². The van der Waals surface area contributed by atoms with Gasteiger partial charge in [-0.05, 0) is 48.4 Å². The van der Waals surface area contributed by atoms with E-state index in [4.69, 9.17) is 9.47 Å². The maximum absolute atomic E-state index is 12.8. The Bertz CT molecular complexity index is 1100. The van der Waals surface area contributed by atoms with Gasteiger partial charge in [0, 0.05) is 27.5 Å². The maximum atomic E-state index is 12.8. The lowest BCUT2D eigenvalue weighted by Crippen LogP contribution is -2.23. The summed E-state index contributed by atoms with van der Waals surface area (Å²) in [6, 6.07) is 18.2. The molecule has 0 aliphatic heterocycles. The number of thioether (sulfide) groups is 1. The van der Waals surface area contributed by atoms with Gasteiger partial charge in [-0.2, -0.15) is 12.6 Å². The molecule has 0 spiro atoms. The Labute approximate surface area is 203 Å². The summed E-state index contributed by atoms with van der Waals surface area (Å²) in [4.78, 5) is 25.3. The van der Waals surface area contributed by atoms with E-state index in [0.717, 1.165) is 15.8 Å². The van der Waals surface area contributed by atoms with Gasteiger partial charge >= 0.3 is 12.1 Å². The van der Waals surface area contributed by atoms with Crippen LogP contribution < -0.4 is 5.32 Å². The quantitative estimate of drug-likeness (QED) is 0.194. The van der Waals surface area contributed by atoms with Gasteiger partial charge in [-0.25, -0.2) is 4.79 Å². The number of amides is 1. The van der Waals surface area contributed by atoms with Crippen molar-refractivity contribution in [1.82, 2.24) is 0 Å². The molecule has 0 saturated carbocycles. The van der Waals surface area contributed by atoms with Crippen LogP contribution in [0.1, 0.15) is 25.0 Å². The molecule has 3 aromatic carbocycles. The largest absolute Gasteiger partial charge is 0.507 e. The monoisotopic (exact) mass is 485 g/mol. The van der Waals surface area contributed by atoms with Gasteiger partial charge in [0.15, 0.2) is 0 Å². The van der Waals surface area contributed by atoms with Crippen LogP contribution in [0.25, 0.3) is 10.8 Å². The number of aromatic hydroxyl groups is 1. The average molecular weight is 486 g/mol. The summed E-state index contributed by atoms with van der Waals surface area (Å²) in [6.07, 6.45) is 1.25. The fourth-order valence-electron chi connectivity index (χ4n) is 3.53. The number of benzene rings is 3. The Balaban J connectivity index is 1.84. The van der Waals surface area contributed by atoms with Crippen LogP contribution in [0.3, 0.4) is 0 Å². The minimum atomic E-state index is -0.629. The molecule has 2 atom stereocenters. The van der Waals surface area contributed by atoms with Crippen LogP contribution in [0.15, 0.2) is 65.6 Å². The summed E-state index contributed by atoms with van der Waals surface area (Å²) in [5.41, 5.74) is 1.40. The summed E-state index contributed by atoms with van der Waals surface area (Å²) in [7, 11) is 0. The summed E-state index contributed by atoms with van der Waals surface area (Å²) in [5.74, 6) is -0.407. The number of carbonyl (C=O) groups is 2. The van der Waals surface area contributed by atoms with Gasteiger partial charge in [0.25, 0.3) is 0 Å². The molecule has 3 rings (SSSR count). The van der Waals surface area contributed by atoms with Crippen LogP contribution in [0.5, 0.6) is 5.75 Å². The van der Waals surface area contributed by atoms with Gasteiger partial charge in [-0.3, -0.25) is 10.1 Å². The molecule has 174 valence electrons. The molecule has 0 aliphatic carbocycles. The number of nitrogens with one attached hydrogen (secondary N) is 1. The Morgan fingerprint density at radius 2 is 1.76 bits per heavy atom. The number of fused-ring (bicyclic) bond motifs is 1. The predicted octanol–water partition coefficient (Wildman–Crippen LogP) is 6.06. The van der Waals surface area contributed by atoms with E-state index in [9.17, 15) is 14.7 Å². The highest BCUT2D eigenvalue weighted by atomic mass is 32.2. The standard InChI is InChI=1S/C25H27NO5S2/c1-16(13-14-30-23(28)15-32)24(21-11-12-22(27)20-6-4-3-5-19(20)21)31-25(29)26-17-7-9-18(33-2)10-8-17/h3-12,16,24,27,32H,13-15H2,1-2H3,(H,26,29)/t16-,24-/m0/s1. The fraction of sp³-hybridized carbons (Fsp3) is 0.280. The van der Waals surface area contributed by atoms with Crippen LogP contribution in [0.4, 0.5) is 10.5 Å². The van der Waals surface area contributed by atoms with Gasteiger partial charge < -0.3 is 14.6 Å². The van der Waals surface area contributed by atoms with Crippen LogP contribution in [-0.4, -0.2) is 35.8 Å². The Hall–Kier alpha value is -2.84. The molecule has 3 aromatic rings. The van der Waals surface area contributed by atoms with Crippen molar-refractivity contribution in [2.75, 3.05) is 23.9 Å². The number of rotatable bonds is 9. The first kappa shape index (κ1) is 24.8. The molecule has 2 N–H and O–H groups in total. The minimum absolute atomic E-state index is 0.00857. The van der Waals surface area contributed by atoms with Crippen LogP contribution >= 0.6 is 24.4 Å². The van der Waals surface area contributed by atoms with Gasteiger partial charge in [0.05, 0.1) is 12.4 Å². The fourth-order valence-corrected chi connectivity index (χ4v) is 4.03. The molecule has 6 nitrogen and oxygen atoms in total. The van der Waals surface area contributed by atoms with Crippen molar-refractivity contribution in [3.05, 3.63) is 66.2 Å². The molecule has 33 heavy (non-hydrogen) atoms. The molecule has 0 aromatic heterocycles. The number of hydrogen-bond donors (Lipinski definition) is 3. The molecule has 8 heteroatoms. The molecule has 0 heterocycles.